The van der Waals surface area contributed by atoms with Crippen LogP contribution in [-0.4, -0.2) is 43.0 Å². The summed E-state index contributed by atoms with van der Waals surface area (Å²) in [5.41, 5.74) is 5.27. The first-order chi connectivity index (χ1) is 18.2. The highest BCUT2D eigenvalue weighted by atomic mass is 32.2. The average molecular weight is 533 g/mol. The maximum atomic E-state index is 13.5. The number of likely N-dealkylation sites (N-methyl/N-ethyl adjacent to an activating group) is 1. The van der Waals surface area contributed by atoms with E-state index in [-0.39, 0.29) is 10.8 Å². The first-order valence-electron chi connectivity index (χ1n) is 12.0. The molecule has 196 valence electrons. The number of oxazole rings is 1. The lowest BCUT2D eigenvalue weighted by atomic mass is 9.97. The number of rotatable bonds is 7. The Bertz CT molecular complexity index is 1640. The summed E-state index contributed by atoms with van der Waals surface area (Å²) in [5, 5.41) is 7.08. The van der Waals surface area contributed by atoms with Crippen molar-refractivity contribution in [2.75, 3.05) is 18.3 Å². The zero-order chi connectivity index (χ0) is 26.9. The van der Waals surface area contributed by atoms with E-state index in [4.69, 9.17) is 13.9 Å². The van der Waals surface area contributed by atoms with Crippen molar-refractivity contribution in [1.29, 1.82) is 0 Å². The molecule has 3 heterocycles. The molecule has 0 amide bonds. The van der Waals surface area contributed by atoms with Gasteiger partial charge in [0, 0.05) is 36.5 Å². The number of guanidine groups is 1. The number of nitrogens with one attached hydrogen (secondary N) is 2. The molecule has 38 heavy (non-hydrogen) atoms. The highest BCUT2D eigenvalue weighted by molar-refractivity contribution is 7.92. The predicted molar refractivity (Wildman–Crippen MR) is 145 cm³/mol. The van der Waals surface area contributed by atoms with E-state index in [0.29, 0.717) is 29.3 Å². The van der Waals surface area contributed by atoms with Gasteiger partial charge in [-0.05, 0) is 55.7 Å². The molecule has 10 nitrogen and oxygen atoms in total. The van der Waals surface area contributed by atoms with E-state index in [1.165, 1.54) is 11.8 Å². The molecule has 0 radical (unpaired) electrons. The normalized spacial score (nSPS) is 14.9. The first kappa shape index (κ1) is 25.3. The highest BCUT2D eigenvalue weighted by Gasteiger charge is 2.24. The quantitative estimate of drug-likeness (QED) is 0.351. The molecule has 2 aromatic heterocycles. The molecular weight excluding hydrogens is 504 g/mol. The van der Waals surface area contributed by atoms with Gasteiger partial charge in [-0.15, -0.1) is 0 Å². The Morgan fingerprint density at radius 2 is 1.95 bits per heavy atom. The SMILES string of the molecule is CC1=CNC(=NCc2cc(-c3ncco3)ccc2-c2ccccc2S(=O)(=O)Nc2onc(C)c2C)N(C)C1. The van der Waals surface area contributed by atoms with E-state index in [2.05, 4.69) is 20.2 Å². The van der Waals surface area contributed by atoms with Crippen molar-refractivity contribution in [2.24, 2.45) is 4.99 Å². The maximum absolute atomic E-state index is 13.5. The second kappa shape index (κ2) is 10.2. The molecule has 1 aliphatic heterocycles. The molecule has 0 fully saturated rings. The van der Waals surface area contributed by atoms with Gasteiger partial charge in [0.2, 0.25) is 11.8 Å². The Hall–Kier alpha value is -4.38. The number of nitrogens with zero attached hydrogens (tertiary/aromatic N) is 4. The van der Waals surface area contributed by atoms with Crippen molar-refractivity contribution in [2.45, 2.75) is 32.2 Å². The fourth-order valence-corrected chi connectivity index (χ4v) is 5.49. The molecule has 2 N–H and O–H groups in total. The molecule has 0 aliphatic carbocycles. The molecule has 0 bridgehead atoms. The molecule has 5 rings (SSSR count). The minimum atomic E-state index is -4.00. The zero-order valence-electron chi connectivity index (χ0n) is 21.5. The van der Waals surface area contributed by atoms with Gasteiger partial charge in [0.05, 0.1) is 23.3 Å². The Kier molecular flexibility index (Phi) is 6.77. The number of aromatic nitrogens is 2. The van der Waals surface area contributed by atoms with Gasteiger partial charge < -0.3 is 19.2 Å². The maximum Gasteiger partial charge on any atom is 0.264 e. The second-order valence-electron chi connectivity index (χ2n) is 9.16. The second-order valence-corrected chi connectivity index (χ2v) is 10.8. The molecule has 0 spiro atoms. The van der Waals surface area contributed by atoms with Gasteiger partial charge in [0.25, 0.3) is 10.0 Å². The lowest BCUT2D eigenvalue weighted by Gasteiger charge is -2.26. The third-order valence-electron chi connectivity index (χ3n) is 6.33. The summed E-state index contributed by atoms with van der Waals surface area (Å²) >= 11 is 0. The molecule has 4 aromatic rings. The van der Waals surface area contributed by atoms with Crippen LogP contribution in [-0.2, 0) is 16.6 Å². The molecule has 11 heteroatoms. The number of aliphatic imine (C=N–C) groups is 1. The van der Waals surface area contributed by atoms with E-state index in [1.807, 2.05) is 43.3 Å². The van der Waals surface area contributed by atoms with E-state index < -0.39 is 10.0 Å². The number of sulfonamides is 1. The number of benzene rings is 2. The van der Waals surface area contributed by atoms with E-state index >= 15 is 0 Å². The van der Waals surface area contributed by atoms with Crippen LogP contribution in [0.3, 0.4) is 0 Å². The van der Waals surface area contributed by atoms with Crippen molar-refractivity contribution in [3.05, 3.63) is 83.5 Å². The van der Waals surface area contributed by atoms with Gasteiger partial charge in [-0.1, -0.05) is 29.4 Å². The van der Waals surface area contributed by atoms with Crippen LogP contribution in [0.4, 0.5) is 5.88 Å². The number of aryl methyl sites for hydroxylation is 1. The molecule has 2 aromatic carbocycles. The zero-order valence-corrected chi connectivity index (χ0v) is 22.3. The smallest absolute Gasteiger partial charge is 0.264 e. The highest BCUT2D eigenvalue weighted by Crippen LogP contribution is 2.34. The summed E-state index contributed by atoms with van der Waals surface area (Å²) in [5.74, 6) is 1.29. The summed E-state index contributed by atoms with van der Waals surface area (Å²) in [7, 11) is -2.04. The van der Waals surface area contributed by atoms with E-state index in [1.54, 1.807) is 44.3 Å². The summed E-state index contributed by atoms with van der Waals surface area (Å²) in [6, 6.07) is 12.5. The Labute approximate surface area is 221 Å². The number of hydrogen-bond acceptors (Lipinski definition) is 7. The van der Waals surface area contributed by atoms with Gasteiger partial charge in [0.15, 0.2) is 5.96 Å². The van der Waals surface area contributed by atoms with Crippen LogP contribution in [0.25, 0.3) is 22.6 Å². The van der Waals surface area contributed by atoms with Crippen molar-refractivity contribution >= 4 is 21.9 Å². The Balaban J connectivity index is 1.58. The topological polar surface area (TPSA) is 126 Å². The standard InChI is InChI=1S/C27H28N6O4S/c1-17-14-29-27(33(4)16-17)30-15-21-13-20(26-28-11-12-36-26)9-10-22(21)23-7-5-6-8-24(23)38(34,35)32-25-18(2)19(3)31-37-25/h5-14,32H,15-16H2,1-4H3,(H,29,30). The van der Waals surface area contributed by atoms with Gasteiger partial charge in [-0.2, -0.15) is 0 Å². The molecule has 1 aliphatic rings. The van der Waals surface area contributed by atoms with Gasteiger partial charge >= 0.3 is 0 Å². The molecular formula is C27H28N6O4S. The summed E-state index contributed by atoms with van der Waals surface area (Å²) in [4.78, 5) is 11.2. The molecule has 0 saturated carbocycles. The van der Waals surface area contributed by atoms with E-state index in [9.17, 15) is 8.42 Å². The third kappa shape index (κ3) is 5.05. The van der Waals surface area contributed by atoms with Crippen LogP contribution in [0.5, 0.6) is 0 Å². The first-order valence-corrected chi connectivity index (χ1v) is 13.5. The number of hydrogen-bond donors (Lipinski definition) is 2. The van der Waals surface area contributed by atoms with Crippen molar-refractivity contribution in [1.82, 2.24) is 20.4 Å². The summed E-state index contributed by atoms with van der Waals surface area (Å²) < 4.78 is 40.3. The van der Waals surface area contributed by atoms with Crippen LogP contribution in [0.1, 0.15) is 23.7 Å². The van der Waals surface area contributed by atoms with Gasteiger partial charge in [-0.3, -0.25) is 0 Å². The summed E-state index contributed by atoms with van der Waals surface area (Å²) in [6.07, 6.45) is 5.03. The monoisotopic (exact) mass is 532 g/mol. The lowest BCUT2D eigenvalue weighted by molar-refractivity contribution is 0.430. The lowest BCUT2D eigenvalue weighted by Crippen LogP contribution is -2.41. The number of anilines is 1. The Morgan fingerprint density at radius 3 is 2.66 bits per heavy atom. The van der Waals surface area contributed by atoms with Crippen LogP contribution in [0.15, 0.2) is 85.5 Å². The minimum absolute atomic E-state index is 0.0953. The van der Waals surface area contributed by atoms with Crippen molar-refractivity contribution < 1.29 is 17.4 Å². The van der Waals surface area contributed by atoms with Crippen LogP contribution < -0.4 is 10.0 Å². The minimum Gasteiger partial charge on any atom is -0.445 e. The fourth-order valence-electron chi connectivity index (χ4n) is 4.22. The largest absolute Gasteiger partial charge is 0.445 e. The molecule has 0 unspecified atom stereocenters. The Morgan fingerprint density at radius 1 is 1.13 bits per heavy atom. The molecule has 0 atom stereocenters. The van der Waals surface area contributed by atoms with Gasteiger partial charge in [0.1, 0.15) is 6.26 Å². The van der Waals surface area contributed by atoms with Crippen molar-refractivity contribution in [3.63, 3.8) is 0 Å². The predicted octanol–water partition coefficient (Wildman–Crippen LogP) is 4.71. The average Bonchev–Trinajstić information content (AvgIpc) is 3.55. The van der Waals surface area contributed by atoms with Gasteiger partial charge in [-0.25, -0.2) is 23.1 Å². The van der Waals surface area contributed by atoms with Crippen LogP contribution in [0.2, 0.25) is 0 Å². The van der Waals surface area contributed by atoms with E-state index in [0.717, 1.165) is 29.2 Å². The molecule has 0 saturated heterocycles. The third-order valence-corrected chi connectivity index (χ3v) is 7.72. The van der Waals surface area contributed by atoms with Crippen LogP contribution >= 0.6 is 0 Å². The summed E-state index contributed by atoms with van der Waals surface area (Å²) in [6.45, 7) is 6.62. The fraction of sp³-hybridized carbons (Fsp3) is 0.222. The van der Waals surface area contributed by atoms with Crippen LogP contribution in [0, 0.1) is 13.8 Å². The van der Waals surface area contributed by atoms with Crippen molar-refractivity contribution in [3.8, 4) is 22.6 Å².